The zero-order valence-electron chi connectivity index (χ0n) is 9.60. The Morgan fingerprint density at radius 1 is 0.778 bits per heavy atom. The van der Waals surface area contributed by atoms with Crippen LogP contribution in [0.2, 0.25) is 0 Å². The van der Waals surface area contributed by atoms with Crippen LogP contribution in [0.25, 0.3) is 12.2 Å². The van der Waals surface area contributed by atoms with Crippen molar-refractivity contribution in [1.82, 2.24) is 0 Å². The maximum absolute atomic E-state index is 12.0. The molecule has 0 fully saturated rings. The van der Waals surface area contributed by atoms with Crippen LogP contribution in [0.1, 0.15) is 32.6 Å². The van der Waals surface area contributed by atoms with E-state index in [4.69, 9.17) is 0 Å². The van der Waals surface area contributed by atoms with Gasteiger partial charge in [0.25, 0.3) is 0 Å². The molecule has 1 aliphatic carbocycles. The summed E-state index contributed by atoms with van der Waals surface area (Å²) < 4.78 is 0. The predicted molar refractivity (Wildman–Crippen MR) is 70.3 cm³/mol. The van der Waals surface area contributed by atoms with Crippen molar-refractivity contribution in [3.8, 4) is 0 Å². The van der Waals surface area contributed by atoms with E-state index in [9.17, 15) is 4.79 Å². The van der Waals surface area contributed by atoms with Crippen molar-refractivity contribution in [1.29, 1.82) is 0 Å². The van der Waals surface area contributed by atoms with Crippen molar-refractivity contribution >= 4 is 23.8 Å². The molecule has 0 bridgehead atoms. The van der Waals surface area contributed by atoms with Gasteiger partial charge in [-0.15, -0.1) is 0 Å². The van der Waals surface area contributed by atoms with E-state index in [0.717, 1.165) is 33.5 Å². The average Bonchev–Trinajstić information content (AvgIpc) is 2.65. The molecule has 2 aromatic carbocycles. The molecule has 1 aliphatic heterocycles. The van der Waals surface area contributed by atoms with Gasteiger partial charge in [-0.2, -0.15) is 4.99 Å². The minimum absolute atomic E-state index is 0.00745. The van der Waals surface area contributed by atoms with E-state index < -0.39 is 0 Å². The Labute approximate surface area is 104 Å². The van der Waals surface area contributed by atoms with E-state index in [2.05, 4.69) is 23.2 Å². The zero-order valence-corrected chi connectivity index (χ0v) is 9.60. The number of nitrogens with one attached hydrogen (secondary N) is 1. The lowest BCUT2D eigenvalue weighted by molar-refractivity contribution is -0.339. The van der Waals surface area contributed by atoms with Crippen LogP contribution in [0, 0.1) is 0 Å². The third-order valence-corrected chi connectivity index (χ3v) is 3.50. The molecule has 1 amide bonds. The first kappa shape index (κ1) is 9.54. The molecule has 0 radical (unpaired) electrons. The van der Waals surface area contributed by atoms with Crippen LogP contribution in [0.4, 0.5) is 0 Å². The minimum Gasteiger partial charge on any atom is -0.214 e. The van der Waals surface area contributed by atoms with Gasteiger partial charge in [0.05, 0.1) is 11.1 Å². The maximum Gasteiger partial charge on any atom is 0.419 e. The summed E-state index contributed by atoms with van der Waals surface area (Å²) in [6.45, 7) is 0. The molecule has 2 aromatic rings. The molecule has 0 saturated carbocycles. The molecule has 2 heteroatoms. The standard InChI is InChI=1S/C16H9NO/c18-16-13-7-3-5-11-9-8-10-4-1-2-6-12(10)15(17-16)14(11)13/h1-9H/p+1. The lowest BCUT2D eigenvalue weighted by atomic mass is 9.95. The Hall–Kier alpha value is -2.48. The quantitative estimate of drug-likeness (QED) is 0.621. The first-order valence-electron chi connectivity index (χ1n) is 5.94. The number of rotatable bonds is 0. The summed E-state index contributed by atoms with van der Waals surface area (Å²) in [5.74, 6) is -0.00745. The number of carbonyl (C=O) groups excluding carboxylic acids is 1. The Balaban J connectivity index is 2.15. The summed E-state index contributed by atoms with van der Waals surface area (Å²) >= 11 is 0. The molecule has 18 heavy (non-hydrogen) atoms. The number of amides is 1. The minimum atomic E-state index is -0.00745. The molecule has 0 saturated heterocycles. The molecule has 1 N–H and O–H groups in total. The van der Waals surface area contributed by atoms with Crippen LogP contribution in [-0.2, 0) is 0 Å². The highest BCUT2D eigenvalue weighted by Gasteiger charge is 2.34. The van der Waals surface area contributed by atoms with Crippen LogP contribution in [0.15, 0.2) is 42.5 Å². The van der Waals surface area contributed by atoms with Crippen molar-refractivity contribution < 1.29 is 9.79 Å². The van der Waals surface area contributed by atoms with E-state index in [1.165, 1.54) is 0 Å². The normalized spacial score (nSPS) is 14.9. The molecule has 0 unspecified atom stereocenters. The molecule has 0 aromatic heterocycles. The third-order valence-electron chi connectivity index (χ3n) is 3.50. The van der Waals surface area contributed by atoms with Crippen molar-refractivity contribution in [3.05, 3.63) is 70.3 Å². The molecule has 0 atom stereocenters. The lowest BCUT2D eigenvalue weighted by Crippen LogP contribution is -2.74. The van der Waals surface area contributed by atoms with Gasteiger partial charge in [-0.1, -0.05) is 42.5 Å². The van der Waals surface area contributed by atoms with Gasteiger partial charge < -0.3 is 0 Å². The summed E-state index contributed by atoms with van der Waals surface area (Å²) in [6, 6.07) is 14.0. The third kappa shape index (κ3) is 1.12. The molecule has 2 nitrogen and oxygen atoms in total. The van der Waals surface area contributed by atoms with Crippen LogP contribution in [0.3, 0.4) is 0 Å². The van der Waals surface area contributed by atoms with Crippen molar-refractivity contribution in [3.63, 3.8) is 0 Å². The Morgan fingerprint density at radius 2 is 1.50 bits per heavy atom. The largest absolute Gasteiger partial charge is 0.419 e. The van der Waals surface area contributed by atoms with Crippen LogP contribution >= 0.6 is 0 Å². The van der Waals surface area contributed by atoms with Crippen LogP contribution in [-0.4, -0.2) is 11.6 Å². The monoisotopic (exact) mass is 232 g/mol. The topological polar surface area (TPSA) is 31.0 Å². The first-order chi connectivity index (χ1) is 8.84. The van der Waals surface area contributed by atoms with Gasteiger partial charge in [0.1, 0.15) is 5.56 Å². The number of hydrogen-bond donors (Lipinski definition) is 1. The fourth-order valence-corrected chi connectivity index (χ4v) is 2.67. The highest BCUT2D eigenvalue weighted by molar-refractivity contribution is 6.23. The highest BCUT2D eigenvalue weighted by atomic mass is 16.1. The van der Waals surface area contributed by atoms with Crippen LogP contribution < -0.4 is 4.99 Å². The van der Waals surface area contributed by atoms with Crippen molar-refractivity contribution in [2.75, 3.05) is 0 Å². The van der Waals surface area contributed by atoms with Gasteiger partial charge >= 0.3 is 5.91 Å². The fraction of sp³-hybridized carbons (Fsp3) is 0. The van der Waals surface area contributed by atoms with E-state index in [-0.39, 0.29) is 5.91 Å². The van der Waals surface area contributed by atoms with E-state index in [1.807, 2.05) is 36.4 Å². The second-order valence-corrected chi connectivity index (χ2v) is 4.52. The average molecular weight is 232 g/mol. The summed E-state index contributed by atoms with van der Waals surface area (Å²) in [5.41, 5.74) is 6.05. The number of hydrogen-bond acceptors (Lipinski definition) is 1. The molecule has 2 aliphatic rings. The summed E-state index contributed by atoms with van der Waals surface area (Å²) in [6.07, 6.45) is 4.17. The predicted octanol–water partition coefficient (Wildman–Crippen LogP) is 1.24. The molecular weight excluding hydrogens is 222 g/mol. The molecule has 1 heterocycles. The van der Waals surface area contributed by atoms with E-state index in [0.29, 0.717) is 0 Å². The fourth-order valence-electron chi connectivity index (χ4n) is 2.67. The Morgan fingerprint density at radius 3 is 2.44 bits per heavy atom. The molecule has 0 spiro atoms. The first-order valence-corrected chi connectivity index (χ1v) is 5.94. The highest BCUT2D eigenvalue weighted by Crippen LogP contribution is 2.27. The second-order valence-electron chi connectivity index (χ2n) is 4.52. The molecular formula is C16H10NO+. The summed E-state index contributed by atoms with van der Waals surface area (Å²) in [5, 5.41) is 0. The van der Waals surface area contributed by atoms with Crippen molar-refractivity contribution in [2.45, 2.75) is 0 Å². The van der Waals surface area contributed by atoms with E-state index >= 15 is 0 Å². The van der Waals surface area contributed by atoms with Crippen molar-refractivity contribution in [2.24, 2.45) is 0 Å². The summed E-state index contributed by atoms with van der Waals surface area (Å²) in [7, 11) is 0. The lowest BCUT2D eigenvalue weighted by Gasteiger charge is -2.01. The van der Waals surface area contributed by atoms with Gasteiger partial charge in [-0.25, -0.2) is 4.79 Å². The van der Waals surface area contributed by atoms with Gasteiger partial charge in [0.15, 0.2) is 0 Å². The summed E-state index contributed by atoms with van der Waals surface area (Å²) in [4.78, 5) is 15.0. The van der Waals surface area contributed by atoms with Gasteiger partial charge in [0, 0.05) is 0 Å². The Kier molecular flexibility index (Phi) is 1.73. The SMILES string of the molecule is O=C1[NH+]=C2c3ccccc3C=Cc3cccc1c32. The number of benzene rings is 2. The zero-order chi connectivity index (χ0) is 12.1. The van der Waals surface area contributed by atoms with Gasteiger partial charge in [0.2, 0.25) is 5.71 Å². The van der Waals surface area contributed by atoms with E-state index in [1.54, 1.807) is 0 Å². The maximum atomic E-state index is 12.0. The number of fused-ring (bicyclic) bond motifs is 2. The van der Waals surface area contributed by atoms with Gasteiger partial charge in [-0.3, -0.25) is 0 Å². The van der Waals surface area contributed by atoms with Gasteiger partial charge in [-0.05, 0) is 23.3 Å². The Bertz CT molecular complexity index is 753. The molecule has 4 rings (SSSR count). The van der Waals surface area contributed by atoms with Crippen LogP contribution in [0.5, 0.6) is 0 Å². The second kappa shape index (κ2) is 3.26. The smallest absolute Gasteiger partial charge is 0.214 e. The number of carbonyl (C=O) groups is 1. The molecule has 84 valence electrons.